The number of nitrogens with two attached hydrogens (primary N) is 1. The lowest BCUT2D eigenvalue weighted by atomic mass is 10.1. The number of anilines is 2. The van der Waals surface area contributed by atoms with Crippen LogP contribution in [0.2, 0.25) is 0 Å². The van der Waals surface area contributed by atoms with Crippen molar-refractivity contribution in [2.45, 2.75) is 19.9 Å². The van der Waals surface area contributed by atoms with E-state index in [4.69, 9.17) is 5.73 Å². The molecule has 1 aromatic carbocycles. The summed E-state index contributed by atoms with van der Waals surface area (Å²) >= 11 is 0. The second-order valence-corrected chi connectivity index (χ2v) is 6.57. The minimum atomic E-state index is -0.126. The van der Waals surface area contributed by atoms with Gasteiger partial charge in [0.15, 0.2) is 5.65 Å². The van der Waals surface area contributed by atoms with Crippen LogP contribution in [-0.4, -0.2) is 32.8 Å². The molecule has 2 heterocycles. The first-order chi connectivity index (χ1) is 12.0. The summed E-state index contributed by atoms with van der Waals surface area (Å²) in [5, 5.41) is 11.8. The number of aryl methyl sites for hydroxylation is 1. The third-order valence-corrected chi connectivity index (χ3v) is 3.98. The number of hydrogen-bond donors (Lipinski definition) is 3. The molecule has 0 aliphatic heterocycles. The Bertz CT molecular complexity index is 826. The quantitative estimate of drug-likeness (QED) is 0.612. The van der Waals surface area contributed by atoms with E-state index in [-0.39, 0.29) is 6.04 Å². The summed E-state index contributed by atoms with van der Waals surface area (Å²) in [6.07, 6.45) is 1.79. The largest absolute Gasteiger partial charge is 0.369 e. The topological polar surface area (TPSA) is 93.7 Å². The molecule has 3 aromatic rings. The zero-order chi connectivity index (χ0) is 17.8. The average molecular weight is 339 g/mol. The molecule has 132 valence electrons. The fourth-order valence-corrected chi connectivity index (χ4v) is 2.56. The Morgan fingerprint density at radius 1 is 1.08 bits per heavy atom. The third kappa shape index (κ3) is 4.06. The highest BCUT2D eigenvalue weighted by Crippen LogP contribution is 2.22. The van der Waals surface area contributed by atoms with Gasteiger partial charge in [0.2, 0.25) is 5.95 Å². The molecule has 7 nitrogen and oxygen atoms in total. The van der Waals surface area contributed by atoms with Gasteiger partial charge in [-0.15, -0.1) is 0 Å². The Morgan fingerprint density at radius 2 is 1.84 bits per heavy atom. The van der Waals surface area contributed by atoms with Gasteiger partial charge < -0.3 is 16.4 Å². The number of hydrogen-bond acceptors (Lipinski definition) is 6. The van der Waals surface area contributed by atoms with Crippen LogP contribution in [0.3, 0.4) is 0 Å². The van der Waals surface area contributed by atoms with Gasteiger partial charge in [-0.1, -0.05) is 44.2 Å². The Labute approximate surface area is 147 Å². The highest BCUT2D eigenvalue weighted by molar-refractivity contribution is 5.87. The number of fused-ring (bicyclic) bond motifs is 1. The normalized spacial score (nSPS) is 12.5. The summed E-state index contributed by atoms with van der Waals surface area (Å²) in [5.41, 5.74) is 8.12. The lowest BCUT2D eigenvalue weighted by Gasteiger charge is -2.15. The molecule has 0 spiro atoms. The van der Waals surface area contributed by atoms with Crippen molar-refractivity contribution >= 4 is 22.8 Å². The second-order valence-electron chi connectivity index (χ2n) is 6.57. The smallest absolute Gasteiger partial charge is 0.226 e. The summed E-state index contributed by atoms with van der Waals surface area (Å²) in [6, 6.07) is 9.87. The molecule has 0 radical (unpaired) electrons. The van der Waals surface area contributed by atoms with Crippen LogP contribution in [-0.2, 0) is 7.05 Å². The third-order valence-electron chi connectivity index (χ3n) is 3.98. The van der Waals surface area contributed by atoms with Crippen LogP contribution >= 0.6 is 0 Å². The first kappa shape index (κ1) is 17.2. The molecule has 0 saturated carbocycles. The molecule has 1 unspecified atom stereocenters. The van der Waals surface area contributed by atoms with E-state index in [2.05, 4.69) is 39.5 Å². The van der Waals surface area contributed by atoms with Crippen molar-refractivity contribution in [2.75, 3.05) is 23.7 Å². The average Bonchev–Trinajstić information content (AvgIpc) is 2.99. The van der Waals surface area contributed by atoms with Gasteiger partial charge in [0.05, 0.1) is 11.6 Å². The summed E-state index contributed by atoms with van der Waals surface area (Å²) in [4.78, 5) is 9.18. The molecule has 0 amide bonds. The maximum atomic E-state index is 6.25. The van der Waals surface area contributed by atoms with Gasteiger partial charge in [0, 0.05) is 26.2 Å². The van der Waals surface area contributed by atoms with Crippen LogP contribution in [0.1, 0.15) is 25.5 Å². The van der Waals surface area contributed by atoms with Crippen LogP contribution in [0.4, 0.5) is 11.8 Å². The lowest BCUT2D eigenvalue weighted by Crippen LogP contribution is -2.22. The Kier molecular flexibility index (Phi) is 5.14. The maximum Gasteiger partial charge on any atom is 0.226 e. The van der Waals surface area contributed by atoms with E-state index in [9.17, 15) is 0 Å². The van der Waals surface area contributed by atoms with E-state index >= 15 is 0 Å². The molecule has 7 heteroatoms. The molecule has 3 rings (SSSR count). The predicted octanol–water partition coefficient (Wildman–Crippen LogP) is 2.54. The van der Waals surface area contributed by atoms with Crippen molar-refractivity contribution < 1.29 is 0 Å². The van der Waals surface area contributed by atoms with Crippen molar-refractivity contribution in [1.29, 1.82) is 0 Å². The van der Waals surface area contributed by atoms with Gasteiger partial charge in [0.25, 0.3) is 0 Å². The van der Waals surface area contributed by atoms with Crippen LogP contribution in [0.5, 0.6) is 0 Å². The molecule has 25 heavy (non-hydrogen) atoms. The molecule has 0 aliphatic rings. The first-order valence-electron chi connectivity index (χ1n) is 8.52. The Balaban J connectivity index is 1.79. The van der Waals surface area contributed by atoms with Crippen LogP contribution < -0.4 is 16.4 Å². The van der Waals surface area contributed by atoms with Gasteiger partial charge in [-0.2, -0.15) is 15.1 Å². The number of benzene rings is 1. The van der Waals surface area contributed by atoms with E-state index in [1.807, 2.05) is 37.4 Å². The van der Waals surface area contributed by atoms with E-state index in [1.54, 1.807) is 10.9 Å². The van der Waals surface area contributed by atoms with Crippen LogP contribution in [0.25, 0.3) is 11.0 Å². The SMILES string of the molecule is CC(C)CNc1nc(NCC(N)c2ccccc2)nc2c1cnn2C. The summed E-state index contributed by atoms with van der Waals surface area (Å²) in [7, 11) is 1.88. The molecular weight excluding hydrogens is 314 g/mol. The maximum absolute atomic E-state index is 6.25. The Morgan fingerprint density at radius 3 is 2.56 bits per heavy atom. The van der Waals surface area contributed by atoms with Crippen molar-refractivity contribution in [3.63, 3.8) is 0 Å². The van der Waals surface area contributed by atoms with E-state index in [0.717, 1.165) is 29.0 Å². The molecule has 0 bridgehead atoms. The fourth-order valence-electron chi connectivity index (χ4n) is 2.56. The van der Waals surface area contributed by atoms with Gasteiger partial charge in [-0.3, -0.25) is 4.68 Å². The van der Waals surface area contributed by atoms with Gasteiger partial charge >= 0.3 is 0 Å². The van der Waals surface area contributed by atoms with Crippen molar-refractivity contribution in [1.82, 2.24) is 19.7 Å². The van der Waals surface area contributed by atoms with Crippen molar-refractivity contribution in [2.24, 2.45) is 18.7 Å². The minimum absolute atomic E-state index is 0.126. The summed E-state index contributed by atoms with van der Waals surface area (Å²) in [6.45, 7) is 5.71. The number of rotatable bonds is 7. The Hall–Kier alpha value is -2.67. The molecule has 2 aromatic heterocycles. The lowest BCUT2D eigenvalue weighted by molar-refractivity contribution is 0.687. The van der Waals surface area contributed by atoms with Crippen molar-refractivity contribution in [3.05, 3.63) is 42.1 Å². The van der Waals surface area contributed by atoms with E-state index in [0.29, 0.717) is 18.4 Å². The van der Waals surface area contributed by atoms with Crippen LogP contribution in [0.15, 0.2) is 36.5 Å². The second kappa shape index (κ2) is 7.48. The van der Waals surface area contributed by atoms with Gasteiger partial charge in [-0.05, 0) is 11.5 Å². The van der Waals surface area contributed by atoms with Crippen LogP contribution in [0, 0.1) is 5.92 Å². The molecule has 0 saturated heterocycles. The first-order valence-corrected chi connectivity index (χ1v) is 8.52. The molecule has 1 atom stereocenters. The van der Waals surface area contributed by atoms with E-state index in [1.165, 1.54) is 0 Å². The molecule has 0 aliphatic carbocycles. The zero-order valence-corrected chi connectivity index (χ0v) is 14.9. The predicted molar refractivity (Wildman–Crippen MR) is 101 cm³/mol. The number of nitrogens with zero attached hydrogens (tertiary/aromatic N) is 4. The fraction of sp³-hybridized carbons (Fsp3) is 0.389. The monoisotopic (exact) mass is 339 g/mol. The summed E-state index contributed by atoms with van der Waals surface area (Å²) in [5.74, 6) is 1.86. The highest BCUT2D eigenvalue weighted by Gasteiger charge is 2.13. The summed E-state index contributed by atoms with van der Waals surface area (Å²) < 4.78 is 1.75. The van der Waals surface area contributed by atoms with Gasteiger partial charge in [-0.25, -0.2) is 0 Å². The number of aromatic nitrogens is 4. The molecular formula is C18H25N7. The van der Waals surface area contributed by atoms with Gasteiger partial charge in [0.1, 0.15) is 5.82 Å². The zero-order valence-electron chi connectivity index (χ0n) is 14.9. The minimum Gasteiger partial charge on any atom is -0.369 e. The number of nitrogens with one attached hydrogen (secondary N) is 2. The highest BCUT2D eigenvalue weighted by atomic mass is 15.3. The van der Waals surface area contributed by atoms with E-state index < -0.39 is 0 Å². The molecule has 4 N–H and O–H groups in total. The van der Waals surface area contributed by atoms with Crippen molar-refractivity contribution in [3.8, 4) is 0 Å². The molecule has 0 fully saturated rings. The standard InChI is InChI=1S/C18H25N7/c1-12(2)9-20-16-14-10-22-25(3)17(14)24-18(23-16)21-11-15(19)13-7-5-4-6-8-13/h4-8,10,12,15H,9,11,19H2,1-3H3,(H2,20,21,23,24).